The number of ether oxygens (including phenoxy) is 1. The Morgan fingerprint density at radius 2 is 1.52 bits per heavy atom. The maximum atomic E-state index is 13.3. The van der Waals surface area contributed by atoms with E-state index in [0.29, 0.717) is 11.3 Å². The lowest BCUT2D eigenvalue weighted by molar-refractivity contribution is 0.296. The van der Waals surface area contributed by atoms with Gasteiger partial charge in [-0.1, -0.05) is 0 Å². The zero-order valence-electron chi connectivity index (χ0n) is 9.74. The van der Waals surface area contributed by atoms with E-state index in [0.717, 1.165) is 6.20 Å². The van der Waals surface area contributed by atoms with E-state index < -0.39 is 55.0 Å². The molecular formula is C10H4F5NO3S2. The smallest absolute Gasteiger partial charge is 0.240 e. The van der Waals surface area contributed by atoms with E-state index in [1.807, 2.05) is 0 Å². The summed E-state index contributed by atoms with van der Waals surface area (Å²) in [6, 6.07) is 0. The van der Waals surface area contributed by atoms with Gasteiger partial charge in [-0.05, 0) is 0 Å². The Morgan fingerprint density at radius 1 is 1.00 bits per heavy atom. The lowest BCUT2D eigenvalue weighted by Crippen LogP contribution is -2.15. The third kappa shape index (κ3) is 2.83. The predicted molar refractivity (Wildman–Crippen MR) is 61.0 cm³/mol. The molecule has 0 spiro atoms. The first kappa shape index (κ1) is 15.6. The molecule has 21 heavy (non-hydrogen) atoms. The zero-order valence-corrected chi connectivity index (χ0v) is 11.4. The van der Waals surface area contributed by atoms with Crippen molar-refractivity contribution in [1.82, 2.24) is 4.98 Å². The fraction of sp³-hybridized carbons (Fsp3) is 0.100. The highest BCUT2D eigenvalue weighted by molar-refractivity contribution is 7.93. The Balaban J connectivity index is 2.34. The molecule has 0 aliphatic heterocycles. The summed E-state index contributed by atoms with van der Waals surface area (Å²) in [4.78, 5) is 3.45. The molecule has 0 radical (unpaired) electrons. The van der Waals surface area contributed by atoms with Crippen LogP contribution in [0.4, 0.5) is 22.0 Å². The Kier molecular flexibility index (Phi) is 4.14. The summed E-state index contributed by atoms with van der Waals surface area (Å²) in [6.45, 7) is 0. The second-order valence-corrected chi connectivity index (χ2v) is 6.58. The molecule has 0 unspecified atom stereocenters. The highest BCUT2D eigenvalue weighted by Crippen LogP contribution is 2.29. The van der Waals surface area contributed by atoms with Crippen LogP contribution in [0.1, 0.15) is 0 Å². The summed E-state index contributed by atoms with van der Waals surface area (Å²) in [5.74, 6) is -14.3. The van der Waals surface area contributed by atoms with Crippen LogP contribution in [0.15, 0.2) is 15.9 Å². The first-order valence-electron chi connectivity index (χ1n) is 5.02. The molecule has 0 aliphatic rings. The number of thiazole rings is 1. The summed E-state index contributed by atoms with van der Waals surface area (Å²) in [6.07, 6.45) is 1.16. The van der Waals surface area contributed by atoms with Crippen molar-refractivity contribution in [2.24, 2.45) is 0 Å². The molecule has 114 valence electrons. The van der Waals surface area contributed by atoms with Crippen LogP contribution in [0.2, 0.25) is 0 Å². The molecule has 0 fully saturated rings. The van der Waals surface area contributed by atoms with Gasteiger partial charge in [-0.25, -0.2) is 26.6 Å². The average molecular weight is 345 g/mol. The van der Waals surface area contributed by atoms with Gasteiger partial charge in [-0.3, -0.25) is 0 Å². The van der Waals surface area contributed by atoms with E-state index in [2.05, 4.69) is 9.72 Å². The SMILES string of the molecule is O=S(=O)(COc1c(F)c(F)c(F)c(F)c1F)c1nccs1. The Bertz CT molecular complexity index is 747. The number of benzene rings is 1. The number of aromatic nitrogens is 1. The molecule has 0 aliphatic carbocycles. The second kappa shape index (κ2) is 5.56. The number of halogens is 5. The number of hydrogen-bond donors (Lipinski definition) is 0. The number of sulfone groups is 1. The minimum atomic E-state index is -4.17. The van der Waals surface area contributed by atoms with Crippen LogP contribution < -0.4 is 4.74 Å². The largest absolute Gasteiger partial charge is 0.471 e. The van der Waals surface area contributed by atoms with E-state index in [1.54, 1.807) is 0 Å². The van der Waals surface area contributed by atoms with Crippen LogP contribution in [-0.4, -0.2) is 19.3 Å². The molecule has 0 saturated carbocycles. The van der Waals surface area contributed by atoms with Gasteiger partial charge in [0, 0.05) is 11.6 Å². The van der Waals surface area contributed by atoms with Crippen LogP contribution in [0, 0.1) is 29.1 Å². The minimum Gasteiger partial charge on any atom is -0.471 e. The molecule has 0 N–H and O–H groups in total. The molecule has 0 bridgehead atoms. The molecule has 1 aromatic carbocycles. The van der Waals surface area contributed by atoms with Crippen molar-refractivity contribution in [2.45, 2.75) is 4.34 Å². The van der Waals surface area contributed by atoms with Gasteiger partial charge in [0.15, 0.2) is 11.7 Å². The van der Waals surface area contributed by atoms with Gasteiger partial charge in [-0.2, -0.15) is 8.78 Å². The lowest BCUT2D eigenvalue weighted by Gasteiger charge is -2.09. The summed E-state index contributed by atoms with van der Waals surface area (Å²) in [5, 5.41) is 1.32. The third-order valence-corrected chi connectivity index (χ3v) is 4.88. The Hall–Kier alpha value is -1.75. The normalized spacial score (nSPS) is 11.7. The fourth-order valence-corrected chi connectivity index (χ4v) is 3.11. The zero-order chi connectivity index (χ0) is 15.8. The van der Waals surface area contributed by atoms with Gasteiger partial charge >= 0.3 is 0 Å². The molecule has 2 aromatic rings. The summed E-state index contributed by atoms with van der Waals surface area (Å²) < 4.78 is 92.2. The molecule has 1 heterocycles. The van der Waals surface area contributed by atoms with Crippen molar-refractivity contribution in [2.75, 3.05) is 5.94 Å². The van der Waals surface area contributed by atoms with Crippen molar-refractivity contribution in [3.05, 3.63) is 40.7 Å². The maximum Gasteiger partial charge on any atom is 0.240 e. The quantitative estimate of drug-likeness (QED) is 0.486. The van der Waals surface area contributed by atoms with Crippen molar-refractivity contribution in [3.63, 3.8) is 0 Å². The molecule has 0 atom stereocenters. The van der Waals surface area contributed by atoms with Gasteiger partial charge in [0.1, 0.15) is 0 Å². The lowest BCUT2D eigenvalue weighted by atomic mass is 10.3. The van der Waals surface area contributed by atoms with Crippen LogP contribution in [0.5, 0.6) is 5.75 Å². The van der Waals surface area contributed by atoms with Gasteiger partial charge in [0.2, 0.25) is 43.3 Å². The van der Waals surface area contributed by atoms with Gasteiger partial charge < -0.3 is 4.74 Å². The van der Waals surface area contributed by atoms with Crippen LogP contribution >= 0.6 is 11.3 Å². The average Bonchev–Trinajstić information content (AvgIpc) is 2.98. The molecular weight excluding hydrogens is 341 g/mol. The Morgan fingerprint density at radius 3 is 2.00 bits per heavy atom. The molecule has 0 amide bonds. The van der Waals surface area contributed by atoms with Crippen LogP contribution in [0.25, 0.3) is 0 Å². The van der Waals surface area contributed by atoms with Gasteiger partial charge in [0.25, 0.3) is 0 Å². The standard InChI is InChI=1S/C10H4F5NO3S2/c11-4-5(12)7(14)9(8(15)6(4)13)19-3-21(17,18)10-16-1-2-20-10/h1-2H,3H2. The molecule has 1 aromatic heterocycles. The van der Waals surface area contributed by atoms with Crippen LogP contribution in [0.3, 0.4) is 0 Å². The molecule has 4 nitrogen and oxygen atoms in total. The van der Waals surface area contributed by atoms with Crippen LogP contribution in [-0.2, 0) is 9.84 Å². The molecule has 0 saturated heterocycles. The second-order valence-electron chi connectivity index (χ2n) is 3.57. The minimum absolute atomic E-state index is 0.411. The Labute approximate surface area is 118 Å². The van der Waals surface area contributed by atoms with E-state index >= 15 is 0 Å². The van der Waals surface area contributed by atoms with Crippen molar-refractivity contribution >= 4 is 21.2 Å². The summed E-state index contributed by atoms with van der Waals surface area (Å²) in [7, 11) is -4.17. The van der Waals surface area contributed by atoms with E-state index in [4.69, 9.17) is 0 Å². The maximum absolute atomic E-state index is 13.3. The monoisotopic (exact) mass is 345 g/mol. The summed E-state index contributed by atoms with van der Waals surface area (Å²) in [5.41, 5.74) is 0. The number of nitrogens with zero attached hydrogens (tertiary/aromatic N) is 1. The van der Waals surface area contributed by atoms with Crippen molar-refractivity contribution in [1.29, 1.82) is 0 Å². The van der Waals surface area contributed by atoms with E-state index in [1.165, 1.54) is 5.38 Å². The van der Waals surface area contributed by atoms with E-state index in [-0.39, 0.29) is 0 Å². The fourth-order valence-electron chi connectivity index (χ4n) is 1.26. The number of hydrogen-bond acceptors (Lipinski definition) is 5. The first-order valence-corrected chi connectivity index (χ1v) is 7.55. The molecule has 2 rings (SSSR count). The topological polar surface area (TPSA) is 56.3 Å². The van der Waals surface area contributed by atoms with E-state index in [9.17, 15) is 30.4 Å². The van der Waals surface area contributed by atoms with Crippen molar-refractivity contribution in [3.8, 4) is 5.75 Å². The van der Waals surface area contributed by atoms with Gasteiger partial charge in [-0.15, -0.1) is 11.3 Å². The number of rotatable bonds is 4. The highest BCUT2D eigenvalue weighted by atomic mass is 32.2. The van der Waals surface area contributed by atoms with Gasteiger partial charge in [0.05, 0.1) is 0 Å². The molecule has 11 heteroatoms. The first-order chi connectivity index (χ1) is 9.75. The summed E-state index contributed by atoms with van der Waals surface area (Å²) >= 11 is 0.707. The third-order valence-electron chi connectivity index (χ3n) is 2.20. The van der Waals surface area contributed by atoms with Crippen molar-refractivity contribution < 1.29 is 35.1 Å². The predicted octanol–water partition coefficient (Wildman–Crippen LogP) is 2.65. The highest BCUT2D eigenvalue weighted by Gasteiger charge is 2.28.